The lowest BCUT2D eigenvalue weighted by Crippen LogP contribution is -2.35. The van der Waals surface area contributed by atoms with Gasteiger partial charge in [0.25, 0.3) is 0 Å². The average Bonchev–Trinajstić information content (AvgIpc) is 3.56. The van der Waals surface area contributed by atoms with Crippen LogP contribution in [-0.4, -0.2) is 68.9 Å². The Morgan fingerprint density at radius 3 is 2.62 bits per heavy atom. The highest BCUT2D eigenvalue weighted by Crippen LogP contribution is 2.39. The lowest BCUT2D eigenvalue weighted by molar-refractivity contribution is 0.00751. The number of rotatable bonds is 6. The quantitative estimate of drug-likeness (QED) is 0.651. The predicted molar refractivity (Wildman–Crippen MR) is 115 cm³/mol. The molecule has 11 heteroatoms. The van der Waals surface area contributed by atoms with Gasteiger partial charge in [0, 0.05) is 16.5 Å². The zero-order valence-corrected chi connectivity index (χ0v) is 18.5. The molecule has 2 aromatic rings. The summed E-state index contributed by atoms with van der Waals surface area (Å²) in [4.78, 5) is 23.8. The summed E-state index contributed by atoms with van der Waals surface area (Å²) in [5.74, 6) is -0.0337. The van der Waals surface area contributed by atoms with E-state index in [1.54, 1.807) is 40.7 Å². The highest BCUT2D eigenvalue weighted by molar-refractivity contribution is 7.99. The SMILES string of the molecule is CC(=O)c1ccc(NC(=O)OC2COC3C2OCC3n2nnnc2SC2CCCC2)cc1. The van der Waals surface area contributed by atoms with Gasteiger partial charge in [-0.05, 0) is 54.5 Å². The third kappa shape index (κ3) is 4.37. The van der Waals surface area contributed by atoms with Gasteiger partial charge in [-0.1, -0.05) is 24.6 Å². The van der Waals surface area contributed by atoms with E-state index in [2.05, 4.69) is 20.8 Å². The molecule has 0 radical (unpaired) electrons. The highest BCUT2D eigenvalue weighted by Gasteiger charge is 2.51. The molecule has 170 valence electrons. The first-order valence-electron chi connectivity index (χ1n) is 10.8. The zero-order chi connectivity index (χ0) is 22.1. The van der Waals surface area contributed by atoms with Crippen molar-refractivity contribution < 1.29 is 23.8 Å². The molecule has 32 heavy (non-hydrogen) atoms. The Bertz CT molecular complexity index is 977. The molecule has 3 fully saturated rings. The number of hydrogen-bond donors (Lipinski definition) is 1. The highest BCUT2D eigenvalue weighted by atomic mass is 32.2. The van der Waals surface area contributed by atoms with E-state index in [4.69, 9.17) is 14.2 Å². The van der Waals surface area contributed by atoms with Crippen LogP contribution in [0.25, 0.3) is 0 Å². The number of fused-ring (bicyclic) bond motifs is 1. The summed E-state index contributed by atoms with van der Waals surface area (Å²) in [5, 5.41) is 16.3. The van der Waals surface area contributed by atoms with Crippen molar-refractivity contribution in [3.8, 4) is 0 Å². The molecule has 4 atom stereocenters. The summed E-state index contributed by atoms with van der Waals surface area (Å²) in [6, 6.07) is 6.48. The van der Waals surface area contributed by atoms with E-state index in [1.807, 2.05) is 0 Å². The molecule has 0 bridgehead atoms. The molecule has 1 aliphatic carbocycles. The molecule has 2 saturated heterocycles. The van der Waals surface area contributed by atoms with Crippen molar-refractivity contribution in [2.24, 2.45) is 0 Å². The van der Waals surface area contributed by atoms with Gasteiger partial charge >= 0.3 is 6.09 Å². The van der Waals surface area contributed by atoms with Crippen molar-refractivity contribution in [1.29, 1.82) is 0 Å². The standard InChI is InChI=1S/C21H25N5O5S/c1-12(27)13-6-8-14(9-7-13)22-21(28)31-17-11-30-18-16(10-29-19(17)18)26-20(23-24-25-26)32-15-4-2-3-5-15/h6-9,15-19H,2-5,10-11H2,1H3,(H,22,28). The van der Waals surface area contributed by atoms with Gasteiger partial charge in [0.1, 0.15) is 18.2 Å². The number of thioether (sulfide) groups is 1. The summed E-state index contributed by atoms with van der Waals surface area (Å²) in [6.07, 6.45) is 3.09. The first kappa shape index (κ1) is 21.4. The van der Waals surface area contributed by atoms with Gasteiger partial charge in [-0.3, -0.25) is 10.1 Å². The summed E-state index contributed by atoms with van der Waals surface area (Å²) >= 11 is 1.72. The van der Waals surface area contributed by atoms with Crippen molar-refractivity contribution in [2.45, 2.75) is 67.4 Å². The van der Waals surface area contributed by atoms with E-state index < -0.39 is 12.2 Å². The molecule has 3 heterocycles. The second kappa shape index (κ2) is 9.16. The normalized spacial score (nSPS) is 27.4. The first-order chi connectivity index (χ1) is 15.6. The largest absolute Gasteiger partial charge is 0.441 e. The number of Topliss-reactive ketones (excluding diaryl/α,β-unsaturated/α-hetero) is 1. The fourth-order valence-electron chi connectivity index (χ4n) is 4.45. The molecular formula is C21H25N5O5S. The number of aromatic nitrogens is 4. The number of ketones is 1. The van der Waals surface area contributed by atoms with Gasteiger partial charge in [-0.2, -0.15) is 0 Å². The minimum atomic E-state index is -0.596. The maximum absolute atomic E-state index is 12.4. The summed E-state index contributed by atoms with van der Waals surface area (Å²) in [6.45, 7) is 2.14. The lowest BCUT2D eigenvalue weighted by atomic mass is 10.1. The maximum atomic E-state index is 12.4. The number of nitrogens with one attached hydrogen (secondary N) is 1. The minimum absolute atomic E-state index is 0.0337. The second-order valence-electron chi connectivity index (χ2n) is 8.30. The Hall–Kier alpha value is -2.50. The fraction of sp³-hybridized carbons (Fsp3) is 0.571. The molecule has 4 unspecified atom stereocenters. The van der Waals surface area contributed by atoms with Crippen LogP contribution in [0.3, 0.4) is 0 Å². The van der Waals surface area contributed by atoms with Gasteiger partial charge in [-0.15, -0.1) is 5.10 Å². The van der Waals surface area contributed by atoms with Crippen LogP contribution in [-0.2, 0) is 14.2 Å². The molecule has 1 amide bonds. The lowest BCUT2D eigenvalue weighted by Gasteiger charge is -2.18. The van der Waals surface area contributed by atoms with Crippen molar-refractivity contribution >= 4 is 29.3 Å². The van der Waals surface area contributed by atoms with Gasteiger partial charge < -0.3 is 14.2 Å². The van der Waals surface area contributed by atoms with Crippen LogP contribution in [0.1, 0.15) is 49.0 Å². The summed E-state index contributed by atoms with van der Waals surface area (Å²) in [5.41, 5.74) is 1.12. The molecular weight excluding hydrogens is 434 g/mol. The van der Waals surface area contributed by atoms with Crippen LogP contribution < -0.4 is 5.32 Å². The average molecular weight is 460 g/mol. The third-order valence-electron chi connectivity index (χ3n) is 6.13. The number of anilines is 1. The van der Waals surface area contributed by atoms with Gasteiger partial charge in [0.05, 0.1) is 13.2 Å². The zero-order valence-electron chi connectivity index (χ0n) is 17.7. The Labute approximate surface area is 189 Å². The number of amides is 1. The smallest absolute Gasteiger partial charge is 0.412 e. The first-order valence-corrected chi connectivity index (χ1v) is 11.7. The van der Waals surface area contributed by atoms with Crippen LogP contribution in [0.2, 0.25) is 0 Å². The van der Waals surface area contributed by atoms with E-state index >= 15 is 0 Å². The number of benzene rings is 1. The number of carbonyl (C=O) groups excluding carboxylic acids is 2. The van der Waals surface area contributed by atoms with Gasteiger partial charge in [0.15, 0.2) is 11.9 Å². The second-order valence-corrected chi connectivity index (χ2v) is 9.56. The van der Waals surface area contributed by atoms with E-state index in [9.17, 15) is 9.59 Å². The molecule has 0 spiro atoms. The maximum Gasteiger partial charge on any atom is 0.412 e. The van der Waals surface area contributed by atoms with Crippen LogP contribution in [0.5, 0.6) is 0 Å². The Kier molecular flexibility index (Phi) is 6.11. The van der Waals surface area contributed by atoms with Crippen molar-refractivity contribution in [3.63, 3.8) is 0 Å². The number of ether oxygens (including phenoxy) is 3. The molecule has 1 N–H and O–H groups in total. The molecule has 5 rings (SSSR count). The van der Waals surface area contributed by atoms with Crippen LogP contribution in [0, 0.1) is 0 Å². The Balaban J connectivity index is 1.19. The van der Waals surface area contributed by atoms with Crippen molar-refractivity contribution in [3.05, 3.63) is 29.8 Å². The third-order valence-corrected chi connectivity index (χ3v) is 7.41. The van der Waals surface area contributed by atoms with Crippen LogP contribution >= 0.6 is 11.8 Å². The molecule has 1 aromatic heterocycles. The molecule has 10 nitrogen and oxygen atoms in total. The Morgan fingerprint density at radius 2 is 1.88 bits per heavy atom. The topological polar surface area (TPSA) is 117 Å². The molecule has 1 aromatic carbocycles. The van der Waals surface area contributed by atoms with E-state index in [0.717, 1.165) is 5.16 Å². The van der Waals surface area contributed by atoms with E-state index in [1.165, 1.54) is 32.6 Å². The van der Waals surface area contributed by atoms with Crippen molar-refractivity contribution in [1.82, 2.24) is 20.2 Å². The number of nitrogens with zero attached hydrogens (tertiary/aromatic N) is 4. The number of carbonyl (C=O) groups is 2. The summed E-state index contributed by atoms with van der Waals surface area (Å²) in [7, 11) is 0. The van der Waals surface area contributed by atoms with Gasteiger partial charge in [0.2, 0.25) is 5.16 Å². The van der Waals surface area contributed by atoms with E-state index in [-0.39, 0.29) is 30.6 Å². The van der Waals surface area contributed by atoms with E-state index in [0.29, 0.717) is 23.1 Å². The predicted octanol–water partition coefficient (Wildman–Crippen LogP) is 2.87. The fourth-order valence-corrected chi connectivity index (χ4v) is 5.69. The molecule has 2 aliphatic heterocycles. The minimum Gasteiger partial charge on any atom is -0.441 e. The van der Waals surface area contributed by atoms with Crippen molar-refractivity contribution in [2.75, 3.05) is 18.5 Å². The Morgan fingerprint density at radius 1 is 1.12 bits per heavy atom. The number of hydrogen-bond acceptors (Lipinski definition) is 9. The molecule has 1 saturated carbocycles. The summed E-state index contributed by atoms with van der Waals surface area (Å²) < 4.78 is 19.3. The molecule has 3 aliphatic rings. The van der Waals surface area contributed by atoms with Crippen LogP contribution in [0.15, 0.2) is 29.4 Å². The van der Waals surface area contributed by atoms with Gasteiger partial charge in [-0.25, -0.2) is 9.48 Å². The van der Waals surface area contributed by atoms with Crippen LogP contribution in [0.4, 0.5) is 10.5 Å². The number of tetrazole rings is 1. The monoisotopic (exact) mass is 459 g/mol.